The standard InChI is InChI=1S/C26H35ClN2O3/c1-6-19(5)28-26(31)24(7-2)29(16-21-10-8-9-11-23(21)27)25(30)17-32-22-14-12-20(13-15-22)18(3)4/h8-15,18-19,24H,6-7,16-17H2,1-5H3,(H,28,31)/t19-,24+/m0/s1. The molecule has 0 bridgehead atoms. The minimum Gasteiger partial charge on any atom is -0.484 e. The van der Waals surface area contributed by atoms with E-state index in [2.05, 4.69) is 19.2 Å². The second-order valence-corrected chi connectivity index (χ2v) is 8.77. The minimum absolute atomic E-state index is 0.0320. The lowest BCUT2D eigenvalue weighted by molar-refractivity contribution is -0.143. The molecule has 0 aliphatic heterocycles. The molecular weight excluding hydrogens is 424 g/mol. The predicted molar refractivity (Wildman–Crippen MR) is 130 cm³/mol. The fourth-order valence-electron chi connectivity index (χ4n) is 3.35. The van der Waals surface area contributed by atoms with Gasteiger partial charge in [0.2, 0.25) is 5.91 Å². The molecule has 2 atom stereocenters. The van der Waals surface area contributed by atoms with Crippen LogP contribution in [0.15, 0.2) is 48.5 Å². The lowest BCUT2D eigenvalue weighted by Crippen LogP contribution is -2.51. The monoisotopic (exact) mass is 458 g/mol. The Bertz CT molecular complexity index is 883. The molecule has 2 rings (SSSR count). The molecule has 0 fully saturated rings. The highest BCUT2D eigenvalue weighted by molar-refractivity contribution is 6.31. The molecule has 6 heteroatoms. The van der Waals surface area contributed by atoms with Gasteiger partial charge >= 0.3 is 0 Å². The van der Waals surface area contributed by atoms with Gasteiger partial charge in [0, 0.05) is 17.6 Å². The first-order valence-corrected chi connectivity index (χ1v) is 11.7. The smallest absolute Gasteiger partial charge is 0.261 e. The van der Waals surface area contributed by atoms with Crippen LogP contribution in [0, 0.1) is 0 Å². The zero-order chi connectivity index (χ0) is 23.7. The maximum Gasteiger partial charge on any atom is 0.261 e. The Kier molecular flexibility index (Phi) is 10.0. The summed E-state index contributed by atoms with van der Waals surface area (Å²) in [4.78, 5) is 27.8. The van der Waals surface area contributed by atoms with E-state index in [0.29, 0.717) is 23.1 Å². The Hall–Kier alpha value is -2.53. The van der Waals surface area contributed by atoms with Crippen molar-refractivity contribution in [2.45, 2.75) is 72.0 Å². The van der Waals surface area contributed by atoms with E-state index in [4.69, 9.17) is 16.3 Å². The molecule has 32 heavy (non-hydrogen) atoms. The van der Waals surface area contributed by atoms with Crippen LogP contribution in [0.2, 0.25) is 5.02 Å². The van der Waals surface area contributed by atoms with Crippen molar-refractivity contribution in [1.29, 1.82) is 0 Å². The Morgan fingerprint density at radius 2 is 1.66 bits per heavy atom. The Morgan fingerprint density at radius 3 is 2.22 bits per heavy atom. The SMILES string of the molecule is CC[C@H](C(=O)N[C@@H](C)CC)N(Cc1ccccc1Cl)C(=O)COc1ccc(C(C)C)cc1. The van der Waals surface area contributed by atoms with E-state index in [0.717, 1.165) is 12.0 Å². The van der Waals surface area contributed by atoms with Crippen molar-refractivity contribution in [2.24, 2.45) is 0 Å². The zero-order valence-corrected chi connectivity index (χ0v) is 20.5. The van der Waals surface area contributed by atoms with Gasteiger partial charge in [0.25, 0.3) is 5.91 Å². The predicted octanol–water partition coefficient (Wildman–Crippen LogP) is 5.56. The van der Waals surface area contributed by atoms with Gasteiger partial charge in [-0.2, -0.15) is 0 Å². The van der Waals surface area contributed by atoms with Crippen molar-refractivity contribution in [3.63, 3.8) is 0 Å². The summed E-state index contributed by atoms with van der Waals surface area (Å²) in [6.45, 7) is 10.2. The zero-order valence-electron chi connectivity index (χ0n) is 19.7. The number of hydrogen-bond donors (Lipinski definition) is 1. The first-order valence-electron chi connectivity index (χ1n) is 11.3. The molecule has 2 aromatic rings. The van der Waals surface area contributed by atoms with E-state index in [-0.39, 0.29) is 31.0 Å². The van der Waals surface area contributed by atoms with Crippen molar-refractivity contribution < 1.29 is 14.3 Å². The molecule has 0 saturated carbocycles. The highest BCUT2D eigenvalue weighted by Gasteiger charge is 2.30. The van der Waals surface area contributed by atoms with Crippen LogP contribution < -0.4 is 10.1 Å². The van der Waals surface area contributed by atoms with Crippen LogP contribution in [-0.4, -0.2) is 35.4 Å². The van der Waals surface area contributed by atoms with E-state index >= 15 is 0 Å². The van der Waals surface area contributed by atoms with Gasteiger partial charge in [-0.3, -0.25) is 9.59 Å². The number of carbonyl (C=O) groups is 2. The molecule has 5 nitrogen and oxygen atoms in total. The first-order chi connectivity index (χ1) is 15.3. The van der Waals surface area contributed by atoms with Crippen LogP contribution in [0.25, 0.3) is 0 Å². The van der Waals surface area contributed by atoms with Gasteiger partial charge in [-0.1, -0.05) is 69.6 Å². The van der Waals surface area contributed by atoms with Crippen LogP contribution in [0.4, 0.5) is 0 Å². The molecule has 2 aromatic carbocycles. The molecule has 0 aliphatic carbocycles. The van der Waals surface area contributed by atoms with Gasteiger partial charge in [0.05, 0.1) is 0 Å². The Morgan fingerprint density at radius 1 is 1.00 bits per heavy atom. The van der Waals surface area contributed by atoms with E-state index in [1.807, 2.05) is 63.2 Å². The number of nitrogens with zero attached hydrogens (tertiary/aromatic N) is 1. The summed E-state index contributed by atoms with van der Waals surface area (Å²) < 4.78 is 5.77. The van der Waals surface area contributed by atoms with Crippen molar-refractivity contribution in [3.05, 3.63) is 64.7 Å². The van der Waals surface area contributed by atoms with Crippen LogP contribution in [0.5, 0.6) is 5.75 Å². The number of amides is 2. The topological polar surface area (TPSA) is 58.6 Å². The fraction of sp³-hybridized carbons (Fsp3) is 0.462. The molecule has 174 valence electrons. The molecule has 2 amide bonds. The van der Waals surface area contributed by atoms with Crippen molar-refractivity contribution in [3.8, 4) is 5.75 Å². The molecule has 1 N–H and O–H groups in total. The molecule has 0 aromatic heterocycles. The molecule has 0 saturated heterocycles. The number of rotatable bonds is 11. The number of carbonyl (C=O) groups excluding carboxylic acids is 2. The molecule has 0 spiro atoms. The first kappa shape index (κ1) is 25.7. The quantitative estimate of drug-likeness (QED) is 0.479. The summed E-state index contributed by atoms with van der Waals surface area (Å²) in [5, 5.41) is 3.56. The lowest BCUT2D eigenvalue weighted by atomic mass is 10.0. The average Bonchev–Trinajstić information content (AvgIpc) is 2.78. The van der Waals surface area contributed by atoms with Gasteiger partial charge in [0.1, 0.15) is 11.8 Å². The van der Waals surface area contributed by atoms with Gasteiger partial charge in [-0.05, 0) is 55.0 Å². The van der Waals surface area contributed by atoms with E-state index in [1.165, 1.54) is 5.56 Å². The second kappa shape index (κ2) is 12.5. The summed E-state index contributed by atoms with van der Waals surface area (Å²) in [5.41, 5.74) is 2.00. The third-order valence-electron chi connectivity index (χ3n) is 5.59. The fourth-order valence-corrected chi connectivity index (χ4v) is 3.54. The molecular formula is C26H35ClN2O3. The van der Waals surface area contributed by atoms with Crippen molar-refractivity contribution in [1.82, 2.24) is 10.2 Å². The van der Waals surface area contributed by atoms with Gasteiger partial charge in [0.15, 0.2) is 6.61 Å². The van der Waals surface area contributed by atoms with Crippen LogP contribution >= 0.6 is 11.6 Å². The number of halogens is 1. The maximum atomic E-state index is 13.2. The third kappa shape index (κ3) is 7.27. The number of ether oxygens (including phenoxy) is 1. The normalized spacial score (nSPS) is 12.8. The lowest BCUT2D eigenvalue weighted by Gasteiger charge is -2.31. The van der Waals surface area contributed by atoms with E-state index in [9.17, 15) is 9.59 Å². The summed E-state index contributed by atoms with van der Waals surface area (Å²) in [5.74, 6) is 0.622. The number of hydrogen-bond acceptors (Lipinski definition) is 3. The Labute approximate surface area is 197 Å². The minimum atomic E-state index is -0.611. The molecule has 0 radical (unpaired) electrons. The molecule has 0 heterocycles. The summed E-state index contributed by atoms with van der Waals surface area (Å²) in [7, 11) is 0. The van der Waals surface area contributed by atoms with Crippen LogP contribution in [-0.2, 0) is 16.1 Å². The van der Waals surface area contributed by atoms with E-state index in [1.54, 1.807) is 11.0 Å². The summed E-state index contributed by atoms with van der Waals surface area (Å²) in [6, 6.07) is 14.5. The third-order valence-corrected chi connectivity index (χ3v) is 5.96. The highest BCUT2D eigenvalue weighted by atomic mass is 35.5. The average molecular weight is 459 g/mol. The van der Waals surface area contributed by atoms with Gasteiger partial charge in [-0.15, -0.1) is 0 Å². The maximum absolute atomic E-state index is 13.2. The largest absolute Gasteiger partial charge is 0.484 e. The van der Waals surface area contributed by atoms with Gasteiger partial charge in [-0.25, -0.2) is 0 Å². The highest BCUT2D eigenvalue weighted by Crippen LogP contribution is 2.21. The molecule has 0 unspecified atom stereocenters. The van der Waals surface area contributed by atoms with Crippen molar-refractivity contribution in [2.75, 3.05) is 6.61 Å². The molecule has 0 aliphatic rings. The summed E-state index contributed by atoms with van der Waals surface area (Å²) in [6.07, 6.45) is 1.30. The number of benzene rings is 2. The second-order valence-electron chi connectivity index (χ2n) is 8.37. The van der Waals surface area contributed by atoms with Crippen LogP contribution in [0.3, 0.4) is 0 Å². The number of nitrogens with one attached hydrogen (secondary N) is 1. The Balaban J connectivity index is 2.20. The van der Waals surface area contributed by atoms with Crippen molar-refractivity contribution >= 4 is 23.4 Å². The van der Waals surface area contributed by atoms with E-state index < -0.39 is 6.04 Å². The van der Waals surface area contributed by atoms with Gasteiger partial charge < -0.3 is 15.0 Å². The summed E-state index contributed by atoms with van der Waals surface area (Å²) >= 11 is 6.35. The van der Waals surface area contributed by atoms with Crippen LogP contribution in [0.1, 0.15) is 64.5 Å².